The topological polar surface area (TPSA) is 9.23 Å². The molecule has 0 atom stereocenters. The van der Waals surface area contributed by atoms with E-state index >= 15 is 0 Å². The molecule has 21 heavy (non-hydrogen) atoms. The highest BCUT2D eigenvalue weighted by Crippen LogP contribution is 2.40. The van der Waals surface area contributed by atoms with Gasteiger partial charge in [0.15, 0.2) is 0 Å². The molecule has 0 aliphatic heterocycles. The zero-order valence-corrected chi connectivity index (χ0v) is 13.3. The van der Waals surface area contributed by atoms with Crippen molar-refractivity contribution in [1.82, 2.24) is 0 Å². The van der Waals surface area contributed by atoms with Crippen LogP contribution in [-0.2, 0) is 0 Å². The number of ether oxygens (including phenoxy) is 1. The van der Waals surface area contributed by atoms with Crippen LogP contribution in [-0.4, -0.2) is 13.3 Å². The average Bonchev–Trinajstić information content (AvgIpc) is 2.48. The molecular formula is C16H12F3IO. The van der Waals surface area contributed by atoms with Gasteiger partial charge in [0.25, 0.3) is 0 Å². The van der Waals surface area contributed by atoms with Gasteiger partial charge in [-0.2, -0.15) is 13.2 Å². The molecule has 5 heteroatoms. The van der Waals surface area contributed by atoms with E-state index in [-0.39, 0.29) is 5.57 Å². The second kappa shape index (κ2) is 6.51. The molecule has 0 saturated carbocycles. The molecule has 0 fully saturated rings. The van der Waals surface area contributed by atoms with E-state index in [2.05, 4.69) is 0 Å². The first-order chi connectivity index (χ1) is 9.93. The Balaban J connectivity index is 2.61. The number of allylic oxidation sites excluding steroid dienone is 1. The first-order valence-electron chi connectivity index (χ1n) is 6.10. The zero-order chi connectivity index (χ0) is 15.5. The minimum Gasteiger partial charge on any atom is -0.497 e. The van der Waals surface area contributed by atoms with Gasteiger partial charge in [-0.05, 0) is 45.9 Å². The largest absolute Gasteiger partial charge is 0.497 e. The zero-order valence-electron chi connectivity index (χ0n) is 11.1. The molecule has 0 N–H and O–H groups in total. The van der Waals surface area contributed by atoms with Crippen molar-refractivity contribution >= 4 is 28.2 Å². The fourth-order valence-electron chi connectivity index (χ4n) is 1.92. The summed E-state index contributed by atoms with van der Waals surface area (Å²) in [5.74, 6) is 0.605. The van der Waals surface area contributed by atoms with Crippen LogP contribution in [0, 0.1) is 0 Å². The van der Waals surface area contributed by atoms with Crippen LogP contribution in [0.5, 0.6) is 5.75 Å². The van der Waals surface area contributed by atoms with E-state index in [1.807, 2.05) is 0 Å². The lowest BCUT2D eigenvalue weighted by atomic mass is 9.97. The highest BCUT2D eigenvalue weighted by molar-refractivity contribution is 14.1. The molecule has 0 heterocycles. The second-order valence-corrected chi connectivity index (χ2v) is 5.36. The maximum atomic E-state index is 13.1. The number of halogens is 4. The number of methoxy groups -OCH3 is 1. The van der Waals surface area contributed by atoms with Gasteiger partial charge >= 0.3 is 6.18 Å². The first-order valence-corrected chi connectivity index (χ1v) is 7.18. The molecule has 0 amide bonds. The number of hydrogen-bond donors (Lipinski definition) is 0. The molecular weight excluding hydrogens is 392 g/mol. The Morgan fingerprint density at radius 1 is 0.905 bits per heavy atom. The van der Waals surface area contributed by atoms with Gasteiger partial charge in [0, 0.05) is 5.57 Å². The van der Waals surface area contributed by atoms with Gasteiger partial charge in [0.1, 0.15) is 9.33 Å². The van der Waals surface area contributed by atoms with Crippen LogP contribution in [0.25, 0.3) is 5.57 Å². The molecule has 0 spiro atoms. The Hall–Kier alpha value is -1.50. The molecule has 0 unspecified atom stereocenters. The average molecular weight is 404 g/mol. The van der Waals surface area contributed by atoms with Gasteiger partial charge in [-0.15, -0.1) is 0 Å². The van der Waals surface area contributed by atoms with Crippen LogP contribution < -0.4 is 4.74 Å². The quantitative estimate of drug-likeness (QED) is 0.619. The van der Waals surface area contributed by atoms with Crippen molar-refractivity contribution in [3.05, 3.63) is 69.3 Å². The Kier molecular flexibility index (Phi) is 4.92. The highest BCUT2D eigenvalue weighted by Gasteiger charge is 2.35. The summed E-state index contributed by atoms with van der Waals surface area (Å²) in [5.41, 5.74) is 1.21. The molecule has 0 aromatic heterocycles. The van der Waals surface area contributed by atoms with E-state index in [0.717, 1.165) is 0 Å². The number of benzene rings is 2. The summed E-state index contributed by atoms with van der Waals surface area (Å²) in [6, 6.07) is 15.1. The fourth-order valence-corrected chi connectivity index (χ4v) is 2.55. The van der Waals surface area contributed by atoms with Crippen molar-refractivity contribution in [2.45, 2.75) is 6.18 Å². The van der Waals surface area contributed by atoms with Crippen molar-refractivity contribution in [2.75, 3.05) is 7.11 Å². The summed E-state index contributed by atoms with van der Waals surface area (Å²) in [6.45, 7) is 0. The van der Waals surface area contributed by atoms with Crippen molar-refractivity contribution in [3.8, 4) is 5.75 Å². The lowest BCUT2D eigenvalue weighted by Gasteiger charge is -2.15. The number of rotatable bonds is 3. The van der Waals surface area contributed by atoms with Crippen LogP contribution in [0.15, 0.2) is 58.2 Å². The van der Waals surface area contributed by atoms with Crippen molar-refractivity contribution in [1.29, 1.82) is 0 Å². The summed E-state index contributed by atoms with van der Waals surface area (Å²) in [7, 11) is 1.52. The molecule has 0 aliphatic carbocycles. The van der Waals surface area contributed by atoms with Crippen molar-refractivity contribution < 1.29 is 17.9 Å². The van der Waals surface area contributed by atoms with E-state index in [4.69, 9.17) is 4.74 Å². The third kappa shape index (κ3) is 3.78. The van der Waals surface area contributed by atoms with E-state index in [1.54, 1.807) is 54.6 Å². The van der Waals surface area contributed by atoms with Gasteiger partial charge in [0.2, 0.25) is 0 Å². The van der Waals surface area contributed by atoms with Gasteiger partial charge in [0.05, 0.1) is 7.11 Å². The molecule has 110 valence electrons. The van der Waals surface area contributed by atoms with Crippen LogP contribution >= 0.6 is 22.6 Å². The smallest absolute Gasteiger partial charge is 0.422 e. The lowest BCUT2D eigenvalue weighted by molar-refractivity contribution is -0.0812. The van der Waals surface area contributed by atoms with Crippen molar-refractivity contribution in [2.24, 2.45) is 0 Å². The third-order valence-corrected chi connectivity index (χ3v) is 4.06. The van der Waals surface area contributed by atoms with E-state index in [1.165, 1.54) is 29.7 Å². The maximum absolute atomic E-state index is 13.1. The monoisotopic (exact) mass is 404 g/mol. The first kappa shape index (κ1) is 15.9. The normalized spacial score (nSPS) is 12.8. The van der Waals surface area contributed by atoms with Gasteiger partial charge in [-0.25, -0.2) is 0 Å². The fraction of sp³-hybridized carbons (Fsp3) is 0.125. The Morgan fingerprint density at radius 3 is 1.90 bits per heavy atom. The molecule has 0 aliphatic rings. The highest BCUT2D eigenvalue weighted by atomic mass is 127. The Bertz CT molecular complexity index is 631. The van der Waals surface area contributed by atoms with Gasteiger partial charge in [-0.3, -0.25) is 0 Å². The number of hydrogen-bond acceptors (Lipinski definition) is 1. The van der Waals surface area contributed by atoms with Crippen LogP contribution in [0.3, 0.4) is 0 Å². The van der Waals surface area contributed by atoms with Gasteiger partial charge in [-0.1, -0.05) is 42.5 Å². The third-order valence-electron chi connectivity index (χ3n) is 2.91. The summed E-state index contributed by atoms with van der Waals surface area (Å²) in [6.07, 6.45) is -4.38. The van der Waals surface area contributed by atoms with Crippen molar-refractivity contribution in [3.63, 3.8) is 0 Å². The Labute approximate surface area is 134 Å². The molecule has 1 nitrogen and oxygen atoms in total. The predicted octanol–water partition coefficient (Wildman–Crippen LogP) is 5.45. The second-order valence-electron chi connectivity index (χ2n) is 4.28. The standard InChI is InChI=1S/C16H12F3IO/c1-21-13-9-7-12(8-10-13)14(15(20)16(17,18)19)11-5-3-2-4-6-11/h2-10H,1H3/b15-14-. The number of alkyl halides is 3. The van der Waals surface area contributed by atoms with Gasteiger partial charge < -0.3 is 4.74 Å². The summed E-state index contributed by atoms with van der Waals surface area (Å²) in [5, 5.41) is 0. The van der Waals surface area contributed by atoms with Crippen LogP contribution in [0.1, 0.15) is 11.1 Å². The summed E-state index contributed by atoms with van der Waals surface area (Å²) >= 11 is 1.36. The molecule has 0 saturated heterocycles. The van der Waals surface area contributed by atoms with Crippen LogP contribution in [0.2, 0.25) is 0 Å². The molecule has 0 bridgehead atoms. The molecule has 0 radical (unpaired) electrons. The molecule has 2 aromatic rings. The maximum Gasteiger partial charge on any atom is 0.422 e. The van der Waals surface area contributed by atoms with Crippen LogP contribution in [0.4, 0.5) is 13.2 Å². The Morgan fingerprint density at radius 2 is 1.43 bits per heavy atom. The molecule has 2 rings (SSSR count). The molecule has 2 aromatic carbocycles. The predicted molar refractivity (Wildman–Crippen MR) is 85.5 cm³/mol. The van der Waals surface area contributed by atoms with E-state index < -0.39 is 9.76 Å². The lowest BCUT2D eigenvalue weighted by Crippen LogP contribution is -2.09. The minimum atomic E-state index is -4.38. The van der Waals surface area contributed by atoms with E-state index in [9.17, 15) is 13.2 Å². The van der Waals surface area contributed by atoms with E-state index in [0.29, 0.717) is 16.9 Å². The SMILES string of the molecule is COc1ccc(/C(=C(\I)C(F)(F)F)c2ccccc2)cc1. The summed E-state index contributed by atoms with van der Waals surface area (Å²) < 4.78 is 43.8. The summed E-state index contributed by atoms with van der Waals surface area (Å²) in [4.78, 5) is 0. The minimum absolute atomic E-state index is 0.173.